The molecular formula is C14H25N3O3S. The molecule has 2 rings (SSSR count). The van der Waals surface area contributed by atoms with E-state index in [-0.39, 0.29) is 11.4 Å². The van der Waals surface area contributed by atoms with Gasteiger partial charge in [0.25, 0.3) is 0 Å². The van der Waals surface area contributed by atoms with Crippen molar-refractivity contribution in [2.45, 2.75) is 51.1 Å². The minimum absolute atomic E-state index is 0.155. The molecule has 0 atom stereocenters. The van der Waals surface area contributed by atoms with Crippen molar-refractivity contribution in [1.29, 1.82) is 0 Å². The minimum Gasteiger partial charge on any atom is -0.465 e. The summed E-state index contributed by atoms with van der Waals surface area (Å²) in [5.41, 5.74) is 6.21. The summed E-state index contributed by atoms with van der Waals surface area (Å²) in [5.74, 6) is 0.971. The predicted molar refractivity (Wildman–Crippen MR) is 81.5 cm³/mol. The van der Waals surface area contributed by atoms with E-state index < -0.39 is 10.0 Å². The highest BCUT2D eigenvalue weighted by molar-refractivity contribution is 7.89. The smallest absolute Gasteiger partial charge is 0.244 e. The van der Waals surface area contributed by atoms with Gasteiger partial charge >= 0.3 is 0 Å². The summed E-state index contributed by atoms with van der Waals surface area (Å²) in [6, 6.07) is 0.636. The van der Waals surface area contributed by atoms with Gasteiger partial charge in [-0.15, -0.1) is 0 Å². The summed E-state index contributed by atoms with van der Waals surface area (Å²) in [7, 11) is -3.57. The second-order valence-corrected chi connectivity index (χ2v) is 7.19. The Hall–Kier alpha value is -0.890. The van der Waals surface area contributed by atoms with Crippen LogP contribution in [0.15, 0.2) is 9.31 Å². The lowest BCUT2D eigenvalue weighted by atomic mass is 10.2. The van der Waals surface area contributed by atoms with E-state index >= 15 is 0 Å². The van der Waals surface area contributed by atoms with E-state index in [1.807, 2.05) is 0 Å². The predicted octanol–water partition coefficient (Wildman–Crippen LogP) is 1.12. The van der Waals surface area contributed by atoms with E-state index in [9.17, 15) is 8.42 Å². The zero-order chi connectivity index (χ0) is 15.6. The molecule has 1 aliphatic carbocycles. The van der Waals surface area contributed by atoms with Crippen LogP contribution < -0.4 is 10.5 Å². The lowest BCUT2D eigenvalue weighted by molar-refractivity contribution is 0.282. The first-order valence-corrected chi connectivity index (χ1v) is 8.91. The molecule has 7 heteroatoms. The molecule has 1 saturated carbocycles. The van der Waals surface area contributed by atoms with E-state index in [0.717, 1.165) is 13.1 Å². The summed E-state index contributed by atoms with van der Waals surface area (Å²) >= 11 is 0. The maximum atomic E-state index is 12.5. The zero-order valence-corrected chi connectivity index (χ0v) is 13.8. The van der Waals surface area contributed by atoms with Crippen molar-refractivity contribution >= 4 is 10.0 Å². The molecule has 1 aromatic rings. The van der Waals surface area contributed by atoms with Gasteiger partial charge in [0.05, 0.1) is 0 Å². The van der Waals surface area contributed by atoms with Gasteiger partial charge < -0.3 is 10.2 Å². The first-order valence-electron chi connectivity index (χ1n) is 7.43. The van der Waals surface area contributed by atoms with Crippen LogP contribution in [0.1, 0.15) is 36.8 Å². The number of furan rings is 1. The minimum atomic E-state index is -3.57. The molecule has 0 amide bonds. The normalized spacial score (nSPS) is 15.9. The van der Waals surface area contributed by atoms with Gasteiger partial charge in [0.2, 0.25) is 10.0 Å². The number of rotatable bonds is 8. The molecule has 6 nitrogen and oxygen atoms in total. The molecule has 0 bridgehead atoms. The Morgan fingerprint density at radius 3 is 2.52 bits per heavy atom. The Morgan fingerprint density at radius 2 is 2.00 bits per heavy atom. The largest absolute Gasteiger partial charge is 0.465 e. The molecule has 0 aromatic carbocycles. The lowest BCUT2D eigenvalue weighted by Gasteiger charge is -2.19. The molecule has 1 heterocycles. The van der Waals surface area contributed by atoms with Crippen molar-refractivity contribution < 1.29 is 12.8 Å². The van der Waals surface area contributed by atoms with Crippen LogP contribution in [0.4, 0.5) is 0 Å². The van der Waals surface area contributed by atoms with Crippen molar-refractivity contribution in [3.8, 4) is 0 Å². The third-order valence-corrected chi connectivity index (χ3v) is 5.61. The molecular weight excluding hydrogens is 290 g/mol. The third kappa shape index (κ3) is 3.66. The first kappa shape index (κ1) is 16.5. The van der Waals surface area contributed by atoms with Gasteiger partial charge in [-0.25, -0.2) is 13.1 Å². The summed E-state index contributed by atoms with van der Waals surface area (Å²) in [6.07, 6.45) is 2.44. The summed E-state index contributed by atoms with van der Waals surface area (Å²) in [5, 5.41) is 0. The fraction of sp³-hybridized carbons (Fsp3) is 0.714. The van der Waals surface area contributed by atoms with Gasteiger partial charge in [-0.1, -0.05) is 6.92 Å². The second-order valence-electron chi connectivity index (χ2n) is 5.48. The van der Waals surface area contributed by atoms with E-state index in [4.69, 9.17) is 10.2 Å². The average molecular weight is 315 g/mol. The molecule has 1 aliphatic rings. The molecule has 1 fully saturated rings. The molecule has 3 N–H and O–H groups in total. The average Bonchev–Trinajstić information content (AvgIpc) is 3.20. The number of hydrogen-bond acceptors (Lipinski definition) is 5. The molecule has 0 spiro atoms. The van der Waals surface area contributed by atoms with Crippen molar-refractivity contribution in [1.82, 2.24) is 9.62 Å². The summed E-state index contributed by atoms with van der Waals surface area (Å²) < 4.78 is 33.0. The van der Waals surface area contributed by atoms with Crippen LogP contribution in [0.2, 0.25) is 0 Å². The Kier molecular flexibility index (Phi) is 5.08. The number of aryl methyl sites for hydroxylation is 2. The van der Waals surface area contributed by atoms with E-state index in [1.54, 1.807) is 13.8 Å². The van der Waals surface area contributed by atoms with Crippen LogP contribution >= 0.6 is 0 Å². The van der Waals surface area contributed by atoms with Crippen molar-refractivity contribution in [3.05, 3.63) is 17.1 Å². The van der Waals surface area contributed by atoms with Crippen LogP contribution in [-0.4, -0.2) is 39.0 Å². The Balaban J connectivity index is 2.04. The maximum Gasteiger partial charge on any atom is 0.244 e. The zero-order valence-electron chi connectivity index (χ0n) is 13.0. The molecule has 0 aliphatic heterocycles. The summed E-state index contributed by atoms with van der Waals surface area (Å²) in [6.45, 7) is 7.73. The highest BCUT2D eigenvalue weighted by Crippen LogP contribution is 2.27. The van der Waals surface area contributed by atoms with Crippen molar-refractivity contribution in [2.24, 2.45) is 5.73 Å². The molecule has 0 radical (unpaired) electrons. The first-order chi connectivity index (χ1) is 9.90. The fourth-order valence-corrected chi connectivity index (χ4v) is 4.21. The number of nitrogens with one attached hydrogen (secondary N) is 1. The van der Waals surface area contributed by atoms with E-state index in [2.05, 4.69) is 16.5 Å². The van der Waals surface area contributed by atoms with Gasteiger partial charge in [0.1, 0.15) is 16.4 Å². The topological polar surface area (TPSA) is 88.6 Å². The molecule has 0 unspecified atom stereocenters. The van der Waals surface area contributed by atoms with Crippen molar-refractivity contribution in [3.63, 3.8) is 0 Å². The Labute approximate surface area is 126 Å². The number of sulfonamides is 1. The molecule has 21 heavy (non-hydrogen) atoms. The van der Waals surface area contributed by atoms with E-state index in [1.165, 1.54) is 12.8 Å². The number of nitrogens with zero attached hydrogens (tertiary/aromatic N) is 1. The molecule has 1 aromatic heterocycles. The SMILES string of the molecule is CCN(CCNS(=O)(=O)c1c(C)oc(C)c1CN)C1CC1. The van der Waals surface area contributed by atoms with Crippen LogP contribution in [0.3, 0.4) is 0 Å². The molecule has 0 saturated heterocycles. The van der Waals surface area contributed by atoms with Gasteiger partial charge in [-0.3, -0.25) is 4.90 Å². The standard InChI is InChI=1S/C14H25N3O3S/c1-4-17(12-5-6-12)8-7-16-21(18,19)14-11(3)20-10(2)13(14)9-15/h12,16H,4-9,15H2,1-3H3. The number of likely N-dealkylation sites (N-methyl/N-ethyl adjacent to an activating group) is 1. The van der Waals surface area contributed by atoms with E-state index in [0.29, 0.717) is 29.7 Å². The Bertz CT molecular complexity index is 591. The van der Waals surface area contributed by atoms with Crippen LogP contribution in [0.25, 0.3) is 0 Å². The summed E-state index contributed by atoms with van der Waals surface area (Å²) in [4.78, 5) is 2.51. The maximum absolute atomic E-state index is 12.5. The van der Waals surface area contributed by atoms with Crippen LogP contribution in [0, 0.1) is 13.8 Å². The van der Waals surface area contributed by atoms with Gasteiger partial charge in [-0.05, 0) is 33.2 Å². The van der Waals surface area contributed by atoms with Crippen molar-refractivity contribution in [2.75, 3.05) is 19.6 Å². The molecule has 120 valence electrons. The van der Waals surface area contributed by atoms with Gasteiger partial charge in [0.15, 0.2) is 0 Å². The highest BCUT2D eigenvalue weighted by Gasteiger charge is 2.29. The van der Waals surface area contributed by atoms with Crippen LogP contribution in [-0.2, 0) is 16.6 Å². The quantitative estimate of drug-likeness (QED) is 0.750. The highest BCUT2D eigenvalue weighted by atomic mass is 32.2. The number of nitrogens with two attached hydrogens (primary N) is 1. The number of hydrogen-bond donors (Lipinski definition) is 2. The third-order valence-electron chi connectivity index (χ3n) is 3.96. The van der Waals surface area contributed by atoms with Gasteiger partial charge in [0, 0.05) is 31.2 Å². The Morgan fingerprint density at radius 1 is 1.33 bits per heavy atom. The second kappa shape index (κ2) is 6.48. The fourth-order valence-electron chi connectivity index (χ4n) is 2.73. The van der Waals surface area contributed by atoms with Gasteiger partial charge in [-0.2, -0.15) is 0 Å². The monoisotopic (exact) mass is 315 g/mol. The lowest BCUT2D eigenvalue weighted by Crippen LogP contribution is -2.36. The van der Waals surface area contributed by atoms with Crippen LogP contribution in [0.5, 0.6) is 0 Å².